The molecule has 0 aliphatic carbocycles. The van der Waals surface area contributed by atoms with Gasteiger partial charge in [-0.05, 0) is 58.2 Å². The van der Waals surface area contributed by atoms with Crippen molar-refractivity contribution in [3.8, 4) is 17.2 Å². The lowest BCUT2D eigenvalue weighted by Gasteiger charge is -2.46. The monoisotopic (exact) mass is 372 g/mol. The van der Waals surface area contributed by atoms with Crippen LogP contribution in [0.1, 0.15) is 46.1 Å². The Morgan fingerprint density at radius 2 is 1.44 bits per heavy atom. The third-order valence-corrected chi connectivity index (χ3v) is 4.51. The van der Waals surface area contributed by atoms with Crippen LogP contribution in [0.5, 0.6) is 17.2 Å². The number of ether oxygens (including phenoxy) is 3. The molecule has 1 aromatic carbocycles. The smallest absolute Gasteiger partial charge is 0.203 e. The summed E-state index contributed by atoms with van der Waals surface area (Å²) < 4.78 is 16.3. The molecule has 2 rings (SSSR count). The fraction of sp³-hybridized carbons (Fsp3) is 0.684. The quantitative estimate of drug-likeness (QED) is 0.800. The molecule has 1 aromatic rings. The summed E-state index contributed by atoms with van der Waals surface area (Å²) in [7, 11) is 4.91. The molecular weight excluding hydrogens is 340 g/mol. The molecule has 25 heavy (non-hydrogen) atoms. The van der Waals surface area contributed by atoms with Crippen molar-refractivity contribution in [1.29, 1.82) is 0 Å². The van der Waals surface area contributed by atoms with Gasteiger partial charge in [-0.3, -0.25) is 0 Å². The van der Waals surface area contributed by atoms with E-state index < -0.39 is 0 Å². The molecule has 5 nitrogen and oxygen atoms in total. The van der Waals surface area contributed by atoms with Gasteiger partial charge in [0.15, 0.2) is 11.5 Å². The first kappa shape index (κ1) is 21.9. The van der Waals surface area contributed by atoms with Crippen LogP contribution >= 0.6 is 12.4 Å². The number of benzene rings is 1. The van der Waals surface area contributed by atoms with Crippen molar-refractivity contribution in [2.24, 2.45) is 0 Å². The van der Waals surface area contributed by atoms with Crippen LogP contribution in [0.2, 0.25) is 0 Å². The highest BCUT2D eigenvalue weighted by atomic mass is 35.5. The average Bonchev–Trinajstić information content (AvgIpc) is 2.48. The molecule has 0 radical (unpaired) electrons. The van der Waals surface area contributed by atoms with E-state index in [9.17, 15) is 0 Å². The highest BCUT2D eigenvalue weighted by Crippen LogP contribution is 2.38. The van der Waals surface area contributed by atoms with Crippen LogP contribution in [0.3, 0.4) is 0 Å². The Labute approximate surface area is 158 Å². The third-order valence-electron chi connectivity index (χ3n) is 4.51. The van der Waals surface area contributed by atoms with E-state index in [2.05, 4.69) is 38.3 Å². The lowest BCUT2D eigenvalue weighted by molar-refractivity contribution is 0.145. The van der Waals surface area contributed by atoms with Gasteiger partial charge in [-0.1, -0.05) is 0 Å². The molecule has 0 saturated carbocycles. The number of piperidine rings is 1. The Morgan fingerprint density at radius 1 is 0.960 bits per heavy atom. The summed E-state index contributed by atoms with van der Waals surface area (Å²) in [6.45, 7) is 9.83. The predicted octanol–water partition coefficient (Wildman–Crippen LogP) is 3.53. The van der Waals surface area contributed by atoms with E-state index in [0.29, 0.717) is 23.3 Å². The van der Waals surface area contributed by atoms with Crippen molar-refractivity contribution >= 4 is 12.4 Å². The highest BCUT2D eigenvalue weighted by Gasteiger charge is 2.37. The second kappa shape index (κ2) is 8.47. The zero-order valence-electron chi connectivity index (χ0n) is 16.5. The van der Waals surface area contributed by atoms with Gasteiger partial charge >= 0.3 is 0 Å². The van der Waals surface area contributed by atoms with Crippen molar-refractivity contribution < 1.29 is 14.2 Å². The summed E-state index contributed by atoms with van der Waals surface area (Å²) in [5, 5.41) is 7.41. The number of methoxy groups -OCH3 is 3. The van der Waals surface area contributed by atoms with Gasteiger partial charge in [0.1, 0.15) is 0 Å². The van der Waals surface area contributed by atoms with Crippen molar-refractivity contribution in [3.63, 3.8) is 0 Å². The van der Waals surface area contributed by atoms with Gasteiger partial charge in [0.25, 0.3) is 0 Å². The third kappa shape index (κ3) is 5.66. The van der Waals surface area contributed by atoms with E-state index in [1.54, 1.807) is 21.3 Å². The molecule has 1 aliphatic heterocycles. The van der Waals surface area contributed by atoms with Crippen molar-refractivity contribution in [2.45, 2.75) is 64.2 Å². The van der Waals surface area contributed by atoms with Gasteiger partial charge in [0.05, 0.1) is 21.3 Å². The maximum Gasteiger partial charge on any atom is 0.203 e. The van der Waals surface area contributed by atoms with Gasteiger partial charge in [-0.25, -0.2) is 0 Å². The normalized spacial score (nSPS) is 19.0. The Balaban J connectivity index is 0.00000312. The lowest BCUT2D eigenvalue weighted by atomic mass is 9.79. The molecule has 2 N–H and O–H groups in total. The fourth-order valence-corrected chi connectivity index (χ4v) is 3.97. The van der Waals surface area contributed by atoms with Crippen LogP contribution < -0.4 is 24.8 Å². The van der Waals surface area contributed by atoms with Crippen LogP contribution in [-0.4, -0.2) is 38.4 Å². The van der Waals surface area contributed by atoms with E-state index in [-0.39, 0.29) is 23.5 Å². The van der Waals surface area contributed by atoms with E-state index >= 15 is 0 Å². The van der Waals surface area contributed by atoms with Crippen molar-refractivity contribution in [3.05, 3.63) is 17.7 Å². The van der Waals surface area contributed by atoms with Crippen molar-refractivity contribution in [2.75, 3.05) is 21.3 Å². The van der Waals surface area contributed by atoms with Gasteiger partial charge < -0.3 is 24.8 Å². The van der Waals surface area contributed by atoms with E-state index in [1.807, 2.05) is 12.1 Å². The molecule has 1 fully saturated rings. The van der Waals surface area contributed by atoms with Gasteiger partial charge in [-0.15, -0.1) is 12.4 Å². The minimum Gasteiger partial charge on any atom is -0.493 e. The largest absolute Gasteiger partial charge is 0.493 e. The molecular formula is C19H33ClN2O3. The number of halogens is 1. The molecule has 0 spiro atoms. The summed E-state index contributed by atoms with van der Waals surface area (Å²) in [4.78, 5) is 0. The zero-order chi connectivity index (χ0) is 18.0. The van der Waals surface area contributed by atoms with Crippen LogP contribution in [0, 0.1) is 0 Å². The lowest BCUT2D eigenvalue weighted by Crippen LogP contribution is -2.61. The van der Waals surface area contributed by atoms with Crippen LogP contribution in [-0.2, 0) is 6.54 Å². The number of hydrogen-bond donors (Lipinski definition) is 2. The number of rotatable bonds is 6. The molecule has 1 saturated heterocycles. The second-order valence-electron chi connectivity index (χ2n) is 7.91. The van der Waals surface area contributed by atoms with E-state index in [0.717, 1.165) is 24.9 Å². The van der Waals surface area contributed by atoms with Crippen LogP contribution in [0.15, 0.2) is 12.1 Å². The number of nitrogens with one attached hydrogen (secondary N) is 2. The first-order valence-electron chi connectivity index (χ1n) is 8.51. The van der Waals surface area contributed by atoms with Gasteiger partial charge in [-0.2, -0.15) is 0 Å². The van der Waals surface area contributed by atoms with Crippen LogP contribution in [0.25, 0.3) is 0 Å². The fourth-order valence-electron chi connectivity index (χ4n) is 3.97. The molecule has 0 atom stereocenters. The van der Waals surface area contributed by atoms with Crippen molar-refractivity contribution in [1.82, 2.24) is 10.6 Å². The van der Waals surface area contributed by atoms with Crippen LogP contribution in [0.4, 0.5) is 0 Å². The van der Waals surface area contributed by atoms with E-state index in [1.165, 1.54) is 0 Å². The standard InChI is InChI=1S/C19H32N2O3.ClH/c1-18(2)10-14(11-19(3,4)21-18)20-12-13-8-15(22-5)17(24-7)16(9-13)23-6;/h8-9,14,20-21H,10-12H2,1-7H3;1H. The average molecular weight is 373 g/mol. The molecule has 6 heteroatoms. The maximum atomic E-state index is 5.43. The molecule has 0 amide bonds. The molecule has 0 bridgehead atoms. The molecule has 0 unspecified atom stereocenters. The Morgan fingerprint density at radius 3 is 1.84 bits per heavy atom. The Kier molecular flexibility index (Phi) is 7.41. The summed E-state index contributed by atoms with van der Waals surface area (Å²) >= 11 is 0. The molecule has 0 aromatic heterocycles. The molecule has 144 valence electrons. The summed E-state index contributed by atoms with van der Waals surface area (Å²) in [6.07, 6.45) is 2.20. The summed E-state index contributed by atoms with van der Waals surface area (Å²) in [5.74, 6) is 2.02. The number of hydrogen-bond acceptors (Lipinski definition) is 5. The first-order chi connectivity index (χ1) is 11.2. The highest BCUT2D eigenvalue weighted by molar-refractivity contribution is 5.85. The SMILES string of the molecule is COc1cc(CNC2CC(C)(C)NC(C)(C)C2)cc(OC)c1OC.Cl. The van der Waals surface area contributed by atoms with E-state index in [4.69, 9.17) is 14.2 Å². The minimum atomic E-state index is 0. The maximum absolute atomic E-state index is 5.43. The molecule has 1 heterocycles. The summed E-state index contributed by atoms with van der Waals surface area (Å²) in [6, 6.07) is 4.48. The summed E-state index contributed by atoms with van der Waals surface area (Å²) in [5.41, 5.74) is 1.39. The van der Waals surface area contributed by atoms with Gasteiger partial charge in [0.2, 0.25) is 5.75 Å². The van der Waals surface area contributed by atoms with Gasteiger partial charge in [0, 0.05) is 23.7 Å². The molecule has 1 aliphatic rings. The first-order valence-corrected chi connectivity index (χ1v) is 8.51. The zero-order valence-corrected chi connectivity index (χ0v) is 17.3. The Hall–Kier alpha value is -1.17. The topological polar surface area (TPSA) is 51.8 Å². The second-order valence-corrected chi connectivity index (χ2v) is 7.91. The minimum absolute atomic E-state index is 0. The predicted molar refractivity (Wildman–Crippen MR) is 105 cm³/mol. The Bertz CT molecular complexity index is 535.